The van der Waals surface area contributed by atoms with Gasteiger partial charge in [0, 0.05) is 18.3 Å². The fourth-order valence-corrected chi connectivity index (χ4v) is 2.16. The van der Waals surface area contributed by atoms with Gasteiger partial charge < -0.3 is 11.1 Å². The van der Waals surface area contributed by atoms with E-state index in [9.17, 15) is 0 Å². The van der Waals surface area contributed by atoms with Crippen molar-refractivity contribution < 1.29 is 0 Å². The quantitative estimate of drug-likeness (QED) is 0.611. The Morgan fingerprint density at radius 1 is 1.05 bits per heavy atom. The molecule has 0 saturated carbocycles. The van der Waals surface area contributed by atoms with Crippen molar-refractivity contribution in [2.75, 3.05) is 12.3 Å². The van der Waals surface area contributed by atoms with Crippen LogP contribution >= 0.6 is 0 Å². The Labute approximate surface area is 115 Å². The molecule has 0 saturated heterocycles. The van der Waals surface area contributed by atoms with Gasteiger partial charge in [0.05, 0.1) is 0 Å². The lowest BCUT2D eigenvalue weighted by Gasteiger charge is -2.19. The first-order chi connectivity index (χ1) is 9.31. The van der Waals surface area contributed by atoms with Gasteiger partial charge in [-0.2, -0.15) is 0 Å². The van der Waals surface area contributed by atoms with E-state index in [1.165, 1.54) is 11.1 Å². The van der Waals surface area contributed by atoms with Crippen LogP contribution in [0.4, 0.5) is 5.69 Å². The van der Waals surface area contributed by atoms with Gasteiger partial charge >= 0.3 is 0 Å². The number of nitrogens with two attached hydrogens (primary N) is 1. The van der Waals surface area contributed by atoms with E-state index in [0.29, 0.717) is 0 Å². The number of hydrogen-bond acceptors (Lipinski definition) is 2. The standard InChI is InChI=1S/C17H20N2/c1-2-12-19-17(14-8-4-3-5-9-14)13-15-10-6-7-11-16(15)18/h2-11,17,19H,1,12-13,18H2. The molecule has 0 aliphatic carbocycles. The van der Waals surface area contributed by atoms with Crippen molar-refractivity contribution in [3.63, 3.8) is 0 Å². The van der Waals surface area contributed by atoms with E-state index < -0.39 is 0 Å². The van der Waals surface area contributed by atoms with Crippen molar-refractivity contribution in [1.82, 2.24) is 5.32 Å². The average molecular weight is 252 g/mol. The number of para-hydroxylation sites is 1. The molecule has 2 nitrogen and oxygen atoms in total. The van der Waals surface area contributed by atoms with Crippen molar-refractivity contribution >= 4 is 5.69 Å². The van der Waals surface area contributed by atoms with E-state index in [0.717, 1.165) is 18.7 Å². The van der Waals surface area contributed by atoms with Crippen LogP contribution in [0.1, 0.15) is 17.2 Å². The zero-order valence-corrected chi connectivity index (χ0v) is 11.0. The van der Waals surface area contributed by atoms with Crippen LogP contribution in [0, 0.1) is 0 Å². The SMILES string of the molecule is C=CCNC(Cc1ccccc1N)c1ccccc1. The highest BCUT2D eigenvalue weighted by atomic mass is 14.9. The second-order valence-electron chi connectivity index (χ2n) is 4.56. The molecule has 98 valence electrons. The lowest BCUT2D eigenvalue weighted by atomic mass is 9.98. The Morgan fingerprint density at radius 2 is 1.74 bits per heavy atom. The predicted molar refractivity (Wildman–Crippen MR) is 81.9 cm³/mol. The molecule has 0 aliphatic heterocycles. The summed E-state index contributed by atoms with van der Waals surface area (Å²) >= 11 is 0. The normalized spacial score (nSPS) is 12.0. The van der Waals surface area contributed by atoms with Gasteiger partial charge in [-0.15, -0.1) is 6.58 Å². The monoisotopic (exact) mass is 252 g/mol. The second-order valence-corrected chi connectivity index (χ2v) is 4.56. The number of rotatable bonds is 6. The van der Waals surface area contributed by atoms with Gasteiger partial charge in [0.2, 0.25) is 0 Å². The summed E-state index contributed by atoms with van der Waals surface area (Å²) in [4.78, 5) is 0. The molecule has 0 aromatic heterocycles. The van der Waals surface area contributed by atoms with Gasteiger partial charge in [0.25, 0.3) is 0 Å². The molecule has 0 bridgehead atoms. The fraction of sp³-hybridized carbons (Fsp3) is 0.176. The van der Waals surface area contributed by atoms with E-state index >= 15 is 0 Å². The Morgan fingerprint density at radius 3 is 2.42 bits per heavy atom. The minimum Gasteiger partial charge on any atom is -0.399 e. The van der Waals surface area contributed by atoms with Crippen molar-refractivity contribution in [2.24, 2.45) is 0 Å². The zero-order valence-electron chi connectivity index (χ0n) is 11.0. The number of nitrogens with one attached hydrogen (secondary N) is 1. The molecule has 0 amide bonds. The maximum Gasteiger partial charge on any atom is 0.0364 e. The maximum absolute atomic E-state index is 6.03. The molecular formula is C17H20N2. The topological polar surface area (TPSA) is 38.0 Å². The largest absolute Gasteiger partial charge is 0.399 e. The first-order valence-electron chi connectivity index (χ1n) is 6.54. The smallest absolute Gasteiger partial charge is 0.0364 e. The Hall–Kier alpha value is -2.06. The predicted octanol–water partition coefficient (Wildman–Crippen LogP) is 3.33. The molecule has 0 radical (unpaired) electrons. The van der Waals surface area contributed by atoms with Crippen molar-refractivity contribution in [1.29, 1.82) is 0 Å². The number of benzene rings is 2. The van der Waals surface area contributed by atoms with Crippen LogP contribution in [0.5, 0.6) is 0 Å². The summed E-state index contributed by atoms with van der Waals surface area (Å²) < 4.78 is 0. The Bertz CT molecular complexity index is 520. The molecule has 19 heavy (non-hydrogen) atoms. The van der Waals surface area contributed by atoms with E-state index in [1.807, 2.05) is 30.3 Å². The van der Waals surface area contributed by atoms with Crippen molar-refractivity contribution in [2.45, 2.75) is 12.5 Å². The average Bonchev–Trinajstić information content (AvgIpc) is 2.46. The molecule has 2 heteroatoms. The highest BCUT2D eigenvalue weighted by Gasteiger charge is 2.12. The van der Waals surface area contributed by atoms with Gasteiger partial charge in [-0.05, 0) is 23.6 Å². The van der Waals surface area contributed by atoms with Crippen LogP contribution in [-0.2, 0) is 6.42 Å². The van der Waals surface area contributed by atoms with Crippen LogP contribution in [0.2, 0.25) is 0 Å². The zero-order chi connectivity index (χ0) is 13.5. The van der Waals surface area contributed by atoms with Gasteiger partial charge in [0.15, 0.2) is 0 Å². The molecular weight excluding hydrogens is 232 g/mol. The highest BCUT2D eigenvalue weighted by molar-refractivity contribution is 5.47. The minimum absolute atomic E-state index is 0.254. The third-order valence-electron chi connectivity index (χ3n) is 3.19. The first kappa shape index (κ1) is 13.4. The van der Waals surface area contributed by atoms with E-state index in [-0.39, 0.29) is 6.04 Å². The maximum atomic E-state index is 6.03. The van der Waals surface area contributed by atoms with Crippen LogP contribution < -0.4 is 11.1 Å². The molecule has 3 N–H and O–H groups in total. The summed E-state index contributed by atoms with van der Waals surface area (Å²) in [6.45, 7) is 4.55. The fourth-order valence-electron chi connectivity index (χ4n) is 2.16. The molecule has 0 fully saturated rings. The van der Waals surface area contributed by atoms with E-state index in [4.69, 9.17) is 5.73 Å². The summed E-state index contributed by atoms with van der Waals surface area (Å²) in [6, 6.07) is 18.7. The summed E-state index contributed by atoms with van der Waals surface area (Å²) in [6.07, 6.45) is 2.76. The van der Waals surface area contributed by atoms with Gasteiger partial charge in [-0.1, -0.05) is 54.6 Å². The molecule has 0 spiro atoms. The summed E-state index contributed by atoms with van der Waals surface area (Å²) in [5.74, 6) is 0. The first-order valence-corrected chi connectivity index (χ1v) is 6.54. The highest BCUT2D eigenvalue weighted by Crippen LogP contribution is 2.21. The summed E-state index contributed by atoms with van der Waals surface area (Å²) in [7, 11) is 0. The van der Waals surface area contributed by atoms with E-state index in [2.05, 4.69) is 42.2 Å². The Kier molecular flexibility index (Phi) is 4.76. The van der Waals surface area contributed by atoms with Crippen LogP contribution in [0.15, 0.2) is 67.3 Å². The van der Waals surface area contributed by atoms with Gasteiger partial charge in [-0.25, -0.2) is 0 Å². The lowest BCUT2D eigenvalue weighted by molar-refractivity contribution is 0.565. The third-order valence-corrected chi connectivity index (χ3v) is 3.19. The molecule has 2 aromatic rings. The summed E-state index contributed by atoms with van der Waals surface area (Å²) in [5.41, 5.74) is 9.32. The van der Waals surface area contributed by atoms with Gasteiger partial charge in [0.1, 0.15) is 0 Å². The van der Waals surface area contributed by atoms with Gasteiger partial charge in [-0.3, -0.25) is 0 Å². The number of nitrogen functional groups attached to an aromatic ring is 1. The number of hydrogen-bond donors (Lipinski definition) is 2. The Balaban J connectivity index is 2.19. The van der Waals surface area contributed by atoms with Crippen molar-refractivity contribution in [3.8, 4) is 0 Å². The number of anilines is 1. The molecule has 1 unspecified atom stereocenters. The molecule has 1 atom stereocenters. The molecule has 2 rings (SSSR count). The molecule has 0 aliphatic rings. The summed E-state index contributed by atoms with van der Waals surface area (Å²) in [5, 5.41) is 3.49. The van der Waals surface area contributed by atoms with Crippen molar-refractivity contribution in [3.05, 3.63) is 78.4 Å². The minimum atomic E-state index is 0.254. The van der Waals surface area contributed by atoms with Crippen LogP contribution in [-0.4, -0.2) is 6.54 Å². The molecule has 2 aromatic carbocycles. The third kappa shape index (κ3) is 3.70. The van der Waals surface area contributed by atoms with Crippen LogP contribution in [0.25, 0.3) is 0 Å². The lowest BCUT2D eigenvalue weighted by Crippen LogP contribution is -2.23. The second kappa shape index (κ2) is 6.76. The van der Waals surface area contributed by atoms with E-state index in [1.54, 1.807) is 0 Å². The van der Waals surface area contributed by atoms with Crippen LogP contribution in [0.3, 0.4) is 0 Å². The molecule has 0 heterocycles.